The summed E-state index contributed by atoms with van der Waals surface area (Å²) in [6, 6.07) is 5.25. The fraction of sp³-hybridized carbons (Fsp3) is 0.333. The van der Waals surface area contributed by atoms with E-state index in [0.717, 1.165) is 23.9 Å². The lowest BCUT2D eigenvalue weighted by Gasteiger charge is -2.11. The molecule has 1 aromatic heterocycles. The van der Waals surface area contributed by atoms with Crippen LogP contribution in [-0.2, 0) is 20.1 Å². The molecule has 0 aliphatic heterocycles. The number of aliphatic imine (C=N–C) groups is 1. The summed E-state index contributed by atoms with van der Waals surface area (Å²) < 4.78 is 28.5. The van der Waals surface area contributed by atoms with Crippen molar-refractivity contribution < 1.29 is 8.78 Å². The zero-order valence-electron chi connectivity index (χ0n) is 12.6. The molecule has 0 bridgehead atoms. The Bertz CT molecular complexity index is 651. The zero-order valence-corrected chi connectivity index (χ0v) is 12.6. The van der Waals surface area contributed by atoms with E-state index in [0.29, 0.717) is 19.0 Å². The van der Waals surface area contributed by atoms with Gasteiger partial charge in [0.25, 0.3) is 0 Å². The van der Waals surface area contributed by atoms with Crippen LogP contribution in [-0.4, -0.2) is 22.3 Å². The maximum Gasteiger partial charge on any atom is 0.191 e. The predicted molar refractivity (Wildman–Crippen MR) is 81.2 cm³/mol. The van der Waals surface area contributed by atoms with E-state index < -0.39 is 11.6 Å². The third-order valence-corrected chi connectivity index (χ3v) is 3.12. The van der Waals surface area contributed by atoms with Crippen molar-refractivity contribution >= 4 is 5.96 Å². The van der Waals surface area contributed by atoms with Crippen molar-refractivity contribution in [2.75, 3.05) is 6.54 Å². The minimum Gasteiger partial charge on any atom is -0.357 e. The van der Waals surface area contributed by atoms with Crippen LogP contribution < -0.4 is 10.6 Å². The average molecular weight is 307 g/mol. The Labute approximate surface area is 128 Å². The van der Waals surface area contributed by atoms with Gasteiger partial charge in [-0.2, -0.15) is 5.10 Å². The normalized spacial score (nSPS) is 11.5. The third kappa shape index (κ3) is 4.28. The van der Waals surface area contributed by atoms with Crippen molar-refractivity contribution in [1.82, 2.24) is 20.4 Å². The Balaban J connectivity index is 2.03. The van der Waals surface area contributed by atoms with Gasteiger partial charge in [-0.3, -0.25) is 4.68 Å². The highest BCUT2D eigenvalue weighted by molar-refractivity contribution is 5.79. The number of nitrogens with zero attached hydrogens (tertiary/aromatic N) is 3. The summed E-state index contributed by atoms with van der Waals surface area (Å²) in [4.78, 5) is 4.27. The average Bonchev–Trinajstić information content (AvgIpc) is 2.90. The smallest absolute Gasteiger partial charge is 0.191 e. The van der Waals surface area contributed by atoms with Gasteiger partial charge in [0, 0.05) is 25.4 Å². The zero-order chi connectivity index (χ0) is 15.9. The molecule has 0 saturated heterocycles. The Morgan fingerprint density at radius 1 is 1.27 bits per heavy atom. The monoisotopic (exact) mass is 307 g/mol. The molecule has 0 saturated carbocycles. The van der Waals surface area contributed by atoms with Gasteiger partial charge in [-0.25, -0.2) is 13.8 Å². The summed E-state index contributed by atoms with van der Waals surface area (Å²) in [5, 5.41) is 10.3. The molecule has 0 radical (unpaired) electrons. The second kappa shape index (κ2) is 7.53. The minimum absolute atomic E-state index is 0.0598. The summed E-state index contributed by atoms with van der Waals surface area (Å²) in [7, 11) is 1.85. The number of nitrogens with one attached hydrogen (secondary N) is 2. The molecule has 118 valence electrons. The van der Waals surface area contributed by atoms with Gasteiger partial charge in [0.15, 0.2) is 5.96 Å². The maximum atomic E-state index is 13.6. The molecule has 0 spiro atoms. The van der Waals surface area contributed by atoms with Gasteiger partial charge in [0.2, 0.25) is 0 Å². The maximum absolute atomic E-state index is 13.6. The van der Waals surface area contributed by atoms with E-state index >= 15 is 0 Å². The summed E-state index contributed by atoms with van der Waals surface area (Å²) in [6.45, 7) is 3.20. The Kier molecular flexibility index (Phi) is 5.46. The van der Waals surface area contributed by atoms with Gasteiger partial charge >= 0.3 is 0 Å². The van der Waals surface area contributed by atoms with E-state index in [-0.39, 0.29) is 12.1 Å². The molecule has 5 nitrogen and oxygen atoms in total. The van der Waals surface area contributed by atoms with Crippen LogP contribution in [0.5, 0.6) is 0 Å². The largest absolute Gasteiger partial charge is 0.357 e. The Morgan fingerprint density at radius 3 is 2.77 bits per heavy atom. The number of hydrogen-bond acceptors (Lipinski definition) is 2. The van der Waals surface area contributed by atoms with Crippen molar-refractivity contribution in [2.45, 2.75) is 20.0 Å². The second-order valence-corrected chi connectivity index (χ2v) is 4.73. The molecule has 0 fully saturated rings. The SMILES string of the molecule is CCNC(=NCc1cc(F)ccc1F)NCc1ccnn1C. The highest BCUT2D eigenvalue weighted by Gasteiger charge is 2.05. The summed E-state index contributed by atoms with van der Waals surface area (Å²) in [5.74, 6) is -0.403. The first-order valence-corrected chi connectivity index (χ1v) is 7.03. The molecule has 2 N–H and O–H groups in total. The molecule has 0 amide bonds. The van der Waals surface area contributed by atoms with Gasteiger partial charge in [0.1, 0.15) is 11.6 Å². The van der Waals surface area contributed by atoms with E-state index in [1.54, 1.807) is 10.9 Å². The highest BCUT2D eigenvalue weighted by Crippen LogP contribution is 2.10. The minimum atomic E-state index is -0.473. The number of hydrogen-bond donors (Lipinski definition) is 2. The van der Waals surface area contributed by atoms with Crippen LogP contribution in [0.4, 0.5) is 8.78 Å². The van der Waals surface area contributed by atoms with Gasteiger partial charge in [-0.1, -0.05) is 0 Å². The molecule has 0 unspecified atom stereocenters. The van der Waals surface area contributed by atoms with Crippen LogP contribution >= 0.6 is 0 Å². The van der Waals surface area contributed by atoms with Crippen molar-refractivity contribution in [1.29, 1.82) is 0 Å². The quantitative estimate of drug-likeness (QED) is 0.656. The molecule has 22 heavy (non-hydrogen) atoms. The van der Waals surface area contributed by atoms with Gasteiger partial charge in [-0.15, -0.1) is 0 Å². The number of aryl methyl sites for hydroxylation is 1. The molecular formula is C15H19F2N5. The molecule has 0 aliphatic carbocycles. The summed E-state index contributed by atoms with van der Waals surface area (Å²) in [5.41, 5.74) is 1.21. The van der Waals surface area contributed by atoms with Crippen LogP contribution in [0, 0.1) is 11.6 Å². The van der Waals surface area contributed by atoms with E-state index in [4.69, 9.17) is 0 Å². The van der Waals surface area contributed by atoms with Gasteiger partial charge in [0.05, 0.1) is 18.8 Å². The molecule has 1 aromatic carbocycles. The lowest BCUT2D eigenvalue weighted by atomic mass is 10.2. The summed E-state index contributed by atoms with van der Waals surface area (Å²) >= 11 is 0. The van der Waals surface area contributed by atoms with Gasteiger partial charge < -0.3 is 10.6 Å². The fourth-order valence-corrected chi connectivity index (χ4v) is 1.92. The first-order valence-electron chi connectivity index (χ1n) is 7.03. The van der Waals surface area contributed by atoms with Crippen molar-refractivity contribution in [2.24, 2.45) is 12.0 Å². The van der Waals surface area contributed by atoms with E-state index in [9.17, 15) is 8.78 Å². The highest BCUT2D eigenvalue weighted by atomic mass is 19.1. The lowest BCUT2D eigenvalue weighted by Crippen LogP contribution is -2.37. The van der Waals surface area contributed by atoms with Crippen molar-refractivity contribution in [3.8, 4) is 0 Å². The first kappa shape index (κ1) is 15.9. The lowest BCUT2D eigenvalue weighted by molar-refractivity contribution is 0.585. The third-order valence-electron chi connectivity index (χ3n) is 3.12. The first-order chi connectivity index (χ1) is 10.6. The van der Waals surface area contributed by atoms with Crippen molar-refractivity contribution in [3.05, 3.63) is 53.4 Å². The Morgan fingerprint density at radius 2 is 2.09 bits per heavy atom. The number of halogens is 2. The molecule has 1 heterocycles. The fourth-order valence-electron chi connectivity index (χ4n) is 1.92. The number of benzene rings is 1. The second-order valence-electron chi connectivity index (χ2n) is 4.73. The topological polar surface area (TPSA) is 54.2 Å². The summed E-state index contributed by atoms with van der Waals surface area (Å²) in [6.07, 6.45) is 1.71. The van der Waals surface area contributed by atoms with Crippen LogP contribution in [0.2, 0.25) is 0 Å². The molecule has 2 rings (SSSR count). The molecule has 2 aromatic rings. The Hall–Kier alpha value is -2.44. The van der Waals surface area contributed by atoms with Crippen LogP contribution in [0.15, 0.2) is 35.5 Å². The molecule has 7 heteroatoms. The van der Waals surface area contributed by atoms with Gasteiger partial charge in [-0.05, 0) is 31.2 Å². The molecular weight excluding hydrogens is 288 g/mol. The predicted octanol–water partition coefficient (Wildman–Crippen LogP) is 1.95. The van der Waals surface area contributed by atoms with E-state index in [2.05, 4.69) is 20.7 Å². The van der Waals surface area contributed by atoms with E-state index in [1.807, 2.05) is 20.0 Å². The van der Waals surface area contributed by atoms with Crippen molar-refractivity contribution in [3.63, 3.8) is 0 Å². The number of rotatable bonds is 5. The standard InChI is InChI=1S/C15H19F2N5/c1-3-18-15(20-10-13-6-7-21-22(13)2)19-9-11-8-12(16)4-5-14(11)17/h4-8H,3,9-10H2,1-2H3,(H2,18,19,20). The van der Waals surface area contributed by atoms with E-state index in [1.165, 1.54) is 0 Å². The molecule has 0 aliphatic rings. The van der Waals surface area contributed by atoms with Crippen LogP contribution in [0.25, 0.3) is 0 Å². The van der Waals surface area contributed by atoms with Crippen LogP contribution in [0.3, 0.4) is 0 Å². The molecule has 0 atom stereocenters. The van der Waals surface area contributed by atoms with Crippen LogP contribution in [0.1, 0.15) is 18.2 Å². The number of guanidine groups is 1. The number of aromatic nitrogens is 2.